The van der Waals surface area contributed by atoms with Crippen LogP contribution in [0.2, 0.25) is 0 Å². The molecule has 9 heteroatoms. The zero-order valence-electron chi connectivity index (χ0n) is 12.2. The minimum Gasteiger partial charge on any atom is -0.301 e. The molecule has 1 heterocycles. The van der Waals surface area contributed by atoms with Gasteiger partial charge in [-0.15, -0.1) is 10.2 Å². The molecule has 0 radical (unpaired) electrons. The summed E-state index contributed by atoms with van der Waals surface area (Å²) in [4.78, 5) is 23.0. The number of halogens is 1. The van der Waals surface area contributed by atoms with Crippen molar-refractivity contribution in [1.82, 2.24) is 15.6 Å². The number of nitrogens with zero attached hydrogens (tertiary/aromatic N) is 3. The van der Waals surface area contributed by atoms with E-state index >= 15 is 0 Å². The predicted molar refractivity (Wildman–Crippen MR) is 92.4 cm³/mol. The van der Waals surface area contributed by atoms with E-state index in [1.807, 2.05) is 24.3 Å². The van der Waals surface area contributed by atoms with Crippen LogP contribution in [-0.4, -0.2) is 28.2 Å². The highest BCUT2D eigenvalue weighted by atomic mass is 79.9. The van der Waals surface area contributed by atoms with Crippen LogP contribution in [0.4, 0.5) is 5.13 Å². The number of nitrogens with one attached hydrogen (secondary N) is 2. The molecule has 1 aromatic heterocycles. The number of hydrazone groups is 1. The fourth-order valence-corrected chi connectivity index (χ4v) is 2.51. The SMILES string of the molecule is CCC(=O)Nc1nnc(CC(=O)N/N=C\c2ccc(Br)cc2)s1. The summed E-state index contributed by atoms with van der Waals surface area (Å²) in [6, 6.07) is 7.51. The highest BCUT2D eigenvalue weighted by Crippen LogP contribution is 2.15. The van der Waals surface area contributed by atoms with Gasteiger partial charge in [0.2, 0.25) is 16.9 Å². The molecular weight excluding hydrogens is 382 g/mol. The largest absolute Gasteiger partial charge is 0.301 e. The normalized spacial score (nSPS) is 10.7. The van der Waals surface area contributed by atoms with Gasteiger partial charge in [0.25, 0.3) is 0 Å². The van der Waals surface area contributed by atoms with Crippen LogP contribution >= 0.6 is 27.3 Å². The molecule has 23 heavy (non-hydrogen) atoms. The van der Waals surface area contributed by atoms with E-state index in [1.165, 1.54) is 0 Å². The summed E-state index contributed by atoms with van der Waals surface area (Å²) in [5, 5.41) is 15.0. The number of carbonyl (C=O) groups excluding carboxylic acids is 2. The minimum absolute atomic E-state index is 0.0529. The fraction of sp³-hybridized carbons (Fsp3) is 0.214. The lowest BCUT2D eigenvalue weighted by atomic mass is 10.2. The number of anilines is 1. The average molecular weight is 396 g/mol. The third-order valence-corrected chi connectivity index (χ3v) is 3.99. The lowest BCUT2D eigenvalue weighted by Crippen LogP contribution is -2.19. The van der Waals surface area contributed by atoms with Gasteiger partial charge in [0.1, 0.15) is 5.01 Å². The Balaban J connectivity index is 1.82. The molecule has 0 bridgehead atoms. The van der Waals surface area contributed by atoms with Crippen molar-refractivity contribution in [1.29, 1.82) is 0 Å². The Morgan fingerprint density at radius 3 is 2.70 bits per heavy atom. The highest BCUT2D eigenvalue weighted by molar-refractivity contribution is 9.10. The summed E-state index contributed by atoms with van der Waals surface area (Å²) in [6.07, 6.45) is 1.97. The standard InChI is InChI=1S/C14H14BrN5O2S/c1-2-11(21)17-14-20-19-13(23-14)7-12(22)18-16-8-9-3-5-10(15)6-4-9/h3-6,8H,2,7H2,1H3,(H,18,22)(H,17,20,21)/b16-8-. The first-order chi connectivity index (χ1) is 11.1. The molecule has 2 amide bonds. The van der Waals surface area contributed by atoms with Crippen molar-refractivity contribution in [2.24, 2.45) is 5.10 Å². The van der Waals surface area contributed by atoms with Gasteiger partial charge in [-0.05, 0) is 17.7 Å². The summed E-state index contributed by atoms with van der Waals surface area (Å²) >= 11 is 4.51. The number of amides is 2. The second kappa shape index (κ2) is 8.49. The number of benzene rings is 1. The van der Waals surface area contributed by atoms with Crippen LogP contribution in [0.5, 0.6) is 0 Å². The van der Waals surface area contributed by atoms with Gasteiger partial charge in [-0.1, -0.05) is 46.3 Å². The van der Waals surface area contributed by atoms with Crippen LogP contribution in [0.3, 0.4) is 0 Å². The monoisotopic (exact) mass is 395 g/mol. The Bertz CT molecular complexity index is 714. The Labute approximate surface area is 145 Å². The van der Waals surface area contributed by atoms with Crippen molar-refractivity contribution in [3.05, 3.63) is 39.3 Å². The Hall–Kier alpha value is -2.13. The van der Waals surface area contributed by atoms with Gasteiger partial charge in [0.15, 0.2) is 0 Å². The van der Waals surface area contributed by atoms with Crippen molar-refractivity contribution < 1.29 is 9.59 Å². The second-order valence-electron chi connectivity index (χ2n) is 4.42. The van der Waals surface area contributed by atoms with E-state index in [2.05, 4.69) is 42.0 Å². The van der Waals surface area contributed by atoms with E-state index in [0.29, 0.717) is 16.6 Å². The van der Waals surface area contributed by atoms with Crippen LogP contribution in [0.25, 0.3) is 0 Å². The van der Waals surface area contributed by atoms with Crippen LogP contribution < -0.4 is 10.7 Å². The third-order valence-electron chi connectivity index (χ3n) is 2.62. The summed E-state index contributed by atoms with van der Waals surface area (Å²) in [7, 11) is 0. The first kappa shape index (κ1) is 17.2. The maximum Gasteiger partial charge on any atom is 0.247 e. The Morgan fingerprint density at radius 1 is 1.26 bits per heavy atom. The van der Waals surface area contributed by atoms with E-state index in [4.69, 9.17) is 0 Å². The predicted octanol–water partition coefficient (Wildman–Crippen LogP) is 2.34. The summed E-state index contributed by atoms with van der Waals surface area (Å²) in [5.74, 6) is -0.445. The molecule has 0 atom stereocenters. The van der Waals surface area contributed by atoms with Crippen LogP contribution in [0.1, 0.15) is 23.9 Å². The first-order valence-electron chi connectivity index (χ1n) is 6.76. The first-order valence-corrected chi connectivity index (χ1v) is 8.37. The minimum atomic E-state index is -0.303. The second-order valence-corrected chi connectivity index (χ2v) is 6.40. The Morgan fingerprint density at radius 2 is 2.00 bits per heavy atom. The number of aromatic nitrogens is 2. The molecule has 0 aliphatic rings. The van der Waals surface area contributed by atoms with E-state index < -0.39 is 0 Å². The van der Waals surface area contributed by atoms with Gasteiger partial charge in [-0.25, -0.2) is 5.43 Å². The average Bonchev–Trinajstić information content (AvgIpc) is 2.96. The highest BCUT2D eigenvalue weighted by Gasteiger charge is 2.10. The number of rotatable bonds is 6. The molecule has 2 aromatic rings. The third kappa shape index (κ3) is 5.87. The molecule has 2 N–H and O–H groups in total. The zero-order chi connectivity index (χ0) is 16.7. The maximum absolute atomic E-state index is 11.8. The van der Waals surface area contributed by atoms with Crippen molar-refractivity contribution in [3.8, 4) is 0 Å². The lowest BCUT2D eigenvalue weighted by Gasteiger charge is -1.97. The van der Waals surface area contributed by atoms with Gasteiger partial charge in [-0.3, -0.25) is 9.59 Å². The number of carbonyl (C=O) groups is 2. The summed E-state index contributed by atoms with van der Waals surface area (Å²) in [5.41, 5.74) is 3.30. The van der Waals surface area contributed by atoms with Crippen molar-refractivity contribution in [2.75, 3.05) is 5.32 Å². The molecule has 2 rings (SSSR count). The van der Waals surface area contributed by atoms with Crippen LogP contribution in [0.15, 0.2) is 33.8 Å². The van der Waals surface area contributed by atoms with Gasteiger partial charge < -0.3 is 5.32 Å². The van der Waals surface area contributed by atoms with Gasteiger partial charge >= 0.3 is 0 Å². The quantitative estimate of drug-likeness (QED) is 0.579. The molecule has 120 valence electrons. The molecule has 0 saturated heterocycles. The molecule has 7 nitrogen and oxygen atoms in total. The van der Waals surface area contributed by atoms with Crippen molar-refractivity contribution >= 4 is 50.4 Å². The molecule has 0 unspecified atom stereocenters. The van der Waals surface area contributed by atoms with Gasteiger partial charge in [-0.2, -0.15) is 5.10 Å². The lowest BCUT2D eigenvalue weighted by molar-refractivity contribution is -0.120. The molecule has 1 aromatic carbocycles. The number of hydrogen-bond acceptors (Lipinski definition) is 6. The van der Waals surface area contributed by atoms with E-state index in [-0.39, 0.29) is 18.2 Å². The van der Waals surface area contributed by atoms with E-state index in [9.17, 15) is 9.59 Å². The smallest absolute Gasteiger partial charge is 0.247 e. The van der Waals surface area contributed by atoms with Crippen LogP contribution in [0, 0.1) is 0 Å². The fourth-order valence-electron chi connectivity index (χ4n) is 1.49. The van der Waals surface area contributed by atoms with Gasteiger partial charge in [0, 0.05) is 10.9 Å². The van der Waals surface area contributed by atoms with E-state index in [0.717, 1.165) is 21.4 Å². The van der Waals surface area contributed by atoms with Crippen molar-refractivity contribution in [3.63, 3.8) is 0 Å². The Kier molecular flexibility index (Phi) is 6.36. The van der Waals surface area contributed by atoms with E-state index in [1.54, 1.807) is 13.1 Å². The number of hydrogen-bond donors (Lipinski definition) is 2. The molecule has 0 spiro atoms. The summed E-state index contributed by atoms with van der Waals surface area (Å²) in [6.45, 7) is 1.74. The topological polar surface area (TPSA) is 96.3 Å². The zero-order valence-corrected chi connectivity index (χ0v) is 14.6. The molecule has 0 aliphatic carbocycles. The van der Waals surface area contributed by atoms with Crippen LogP contribution in [-0.2, 0) is 16.0 Å². The summed E-state index contributed by atoms with van der Waals surface area (Å²) < 4.78 is 0.973. The maximum atomic E-state index is 11.8. The van der Waals surface area contributed by atoms with Crippen molar-refractivity contribution in [2.45, 2.75) is 19.8 Å². The molecular formula is C14H14BrN5O2S. The van der Waals surface area contributed by atoms with Gasteiger partial charge in [0.05, 0.1) is 12.6 Å². The molecule has 0 aliphatic heterocycles. The molecule has 0 saturated carbocycles. The molecule has 0 fully saturated rings.